The van der Waals surface area contributed by atoms with Gasteiger partial charge in [-0.2, -0.15) is 5.11 Å². The molecular formula is C27H39FN6O5. The van der Waals surface area contributed by atoms with Gasteiger partial charge in [0.25, 0.3) is 0 Å². The number of benzene rings is 1. The number of likely N-dealkylation sites (N-methyl/N-ethyl adjacent to an activating group) is 1. The number of halogens is 1. The van der Waals surface area contributed by atoms with Crippen LogP contribution in [0.15, 0.2) is 52.4 Å². The number of amides is 1. The number of methoxy groups -OCH3 is 1. The number of carbonyl (C=O) groups is 1. The molecule has 1 amide bonds. The van der Waals surface area contributed by atoms with Crippen LogP contribution in [0.3, 0.4) is 0 Å². The van der Waals surface area contributed by atoms with Crippen LogP contribution in [0, 0.1) is 5.82 Å². The van der Waals surface area contributed by atoms with Gasteiger partial charge in [-0.3, -0.25) is 14.9 Å². The van der Waals surface area contributed by atoms with Crippen molar-refractivity contribution in [2.24, 2.45) is 16.2 Å². The highest BCUT2D eigenvalue weighted by atomic mass is 19.1. The quantitative estimate of drug-likeness (QED) is 0.316. The highest BCUT2D eigenvalue weighted by Crippen LogP contribution is 2.29. The lowest BCUT2D eigenvalue weighted by atomic mass is 10.1. The summed E-state index contributed by atoms with van der Waals surface area (Å²) in [4.78, 5) is 22.2. The smallest absolute Gasteiger partial charge is 0.414 e. The van der Waals surface area contributed by atoms with E-state index in [4.69, 9.17) is 15.4 Å². The van der Waals surface area contributed by atoms with Crippen LogP contribution in [0.4, 0.5) is 14.9 Å². The molecule has 3 rings (SSSR count). The number of nitrogens with two attached hydrogens (primary N) is 1. The Labute approximate surface area is 229 Å². The van der Waals surface area contributed by atoms with Crippen LogP contribution in [-0.4, -0.2) is 80.4 Å². The Balaban J connectivity index is 0.000000455. The molecule has 3 unspecified atom stereocenters. The summed E-state index contributed by atoms with van der Waals surface area (Å²) in [5, 5.41) is 18.3. The van der Waals surface area contributed by atoms with E-state index in [0.717, 1.165) is 17.7 Å². The first-order valence-electron chi connectivity index (χ1n) is 12.6. The van der Waals surface area contributed by atoms with E-state index in [1.54, 1.807) is 44.5 Å². The second-order valence-corrected chi connectivity index (χ2v) is 9.19. The number of aliphatic hydroxyl groups is 1. The summed E-state index contributed by atoms with van der Waals surface area (Å²) in [5.41, 5.74) is 3.52. The number of carbonyl (C=O) groups excluding carboxylic acids is 1. The van der Waals surface area contributed by atoms with Gasteiger partial charge in [0.2, 0.25) is 0 Å². The monoisotopic (exact) mass is 546 g/mol. The molecule has 1 aromatic heterocycles. The van der Waals surface area contributed by atoms with E-state index in [0.29, 0.717) is 29.9 Å². The second-order valence-electron chi connectivity index (χ2n) is 9.19. The van der Waals surface area contributed by atoms with E-state index in [2.05, 4.69) is 20.2 Å². The zero-order chi connectivity index (χ0) is 28.9. The van der Waals surface area contributed by atoms with E-state index in [1.807, 2.05) is 39.0 Å². The summed E-state index contributed by atoms with van der Waals surface area (Å²) in [6.07, 6.45) is 2.68. The summed E-state index contributed by atoms with van der Waals surface area (Å²) < 4.78 is 25.1. The van der Waals surface area contributed by atoms with Crippen LogP contribution in [0.5, 0.6) is 0 Å². The van der Waals surface area contributed by atoms with E-state index in [-0.39, 0.29) is 18.8 Å². The van der Waals surface area contributed by atoms with Gasteiger partial charge in [0, 0.05) is 31.5 Å². The van der Waals surface area contributed by atoms with Gasteiger partial charge in [0.05, 0.1) is 44.2 Å². The topological polar surface area (TPSA) is 135 Å². The molecule has 12 heteroatoms. The van der Waals surface area contributed by atoms with Gasteiger partial charge in [0.15, 0.2) is 0 Å². The first kappa shape index (κ1) is 31.8. The fourth-order valence-corrected chi connectivity index (χ4v) is 3.96. The summed E-state index contributed by atoms with van der Waals surface area (Å²) in [5.74, 6) is 4.34. The van der Waals surface area contributed by atoms with Gasteiger partial charge in [-0.1, -0.05) is 23.8 Å². The summed E-state index contributed by atoms with van der Waals surface area (Å²) in [7, 11) is 4.86. The van der Waals surface area contributed by atoms with Gasteiger partial charge < -0.3 is 19.4 Å². The van der Waals surface area contributed by atoms with Crippen LogP contribution in [0.25, 0.3) is 17.2 Å². The summed E-state index contributed by atoms with van der Waals surface area (Å²) in [6, 6.07) is 8.39. The van der Waals surface area contributed by atoms with Crippen molar-refractivity contribution in [1.82, 2.24) is 9.99 Å². The minimum atomic E-state index is -0.625. The van der Waals surface area contributed by atoms with Crippen molar-refractivity contribution in [3.05, 3.63) is 53.6 Å². The molecule has 1 aliphatic heterocycles. The van der Waals surface area contributed by atoms with E-state index in [1.165, 1.54) is 11.0 Å². The Hall–Kier alpha value is -3.45. The van der Waals surface area contributed by atoms with Gasteiger partial charge in [-0.25, -0.2) is 15.1 Å². The average Bonchev–Trinajstić information content (AvgIpc) is 3.25. The molecule has 1 fully saturated rings. The minimum absolute atomic E-state index is 0.117. The number of aromatic nitrogens is 1. The maximum atomic E-state index is 14.8. The van der Waals surface area contributed by atoms with Crippen molar-refractivity contribution in [2.45, 2.75) is 45.5 Å². The molecule has 0 radical (unpaired) electrons. The first-order chi connectivity index (χ1) is 18.6. The zero-order valence-electron chi connectivity index (χ0n) is 23.4. The van der Waals surface area contributed by atoms with Crippen molar-refractivity contribution >= 4 is 17.9 Å². The van der Waals surface area contributed by atoms with Crippen LogP contribution in [-0.2, 0) is 14.3 Å². The third kappa shape index (κ3) is 9.66. The highest BCUT2D eigenvalue weighted by Gasteiger charge is 2.33. The molecular weight excluding hydrogens is 507 g/mol. The third-order valence-corrected chi connectivity index (χ3v) is 5.78. The number of pyridine rings is 1. The molecule has 2 aromatic rings. The SMILES string of the molecule is CCC(OC)C(O)CON.CN=NN(C)CC1CN(c2ccc(-c3ccc(C=C(C)C)nc3)c(F)c2)C(=O)O1. The maximum Gasteiger partial charge on any atom is 0.414 e. The molecule has 0 saturated carbocycles. The molecule has 0 bridgehead atoms. The Kier molecular flexibility index (Phi) is 12.9. The minimum Gasteiger partial charge on any atom is -0.442 e. The van der Waals surface area contributed by atoms with Gasteiger partial charge in [-0.05, 0) is 50.6 Å². The Morgan fingerprint density at radius 2 is 2.13 bits per heavy atom. The number of rotatable bonds is 11. The molecule has 0 spiro atoms. The van der Waals surface area contributed by atoms with Crippen molar-refractivity contribution in [3.63, 3.8) is 0 Å². The highest BCUT2D eigenvalue weighted by molar-refractivity contribution is 5.90. The van der Waals surface area contributed by atoms with Crippen LogP contribution in [0.2, 0.25) is 0 Å². The summed E-state index contributed by atoms with van der Waals surface area (Å²) >= 11 is 0. The predicted octanol–water partition coefficient (Wildman–Crippen LogP) is 4.23. The van der Waals surface area contributed by atoms with Crippen LogP contribution < -0.4 is 10.8 Å². The number of nitrogens with zero attached hydrogens (tertiary/aromatic N) is 5. The summed E-state index contributed by atoms with van der Waals surface area (Å²) in [6.45, 7) is 6.76. The number of cyclic esters (lactones) is 1. The van der Waals surface area contributed by atoms with E-state index < -0.39 is 18.0 Å². The second kappa shape index (κ2) is 15.8. The Bertz CT molecular complexity index is 1110. The lowest BCUT2D eigenvalue weighted by Gasteiger charge is -2.18. The Morgan fingerprint density at radius 3 is 2.67 bits per heavy atom. The maximum absolute atomic E-state index is 14.8. The molecule has 214 valence electrons. The molecule has 3 atom stereocenters. The van der Waals surface area contributed by atoms with Crippen molar-refractivity contribution in [1.29, 1.82) is 0 Å². The fourth-order valence-electron chi connectivity index (χ4n) is 3.96. The number of aliphatic hydroxyl groups excluding tert-OH is 1. The van der Waals surface area contributed by atoms with Gasteiger partial charge >= 0.3 is 6.09 Å². The lowest BCUT2D eigenvalue weighted by molar-refractivity contribution is -0.0574. The van der Waals surface area contributed by atoms with Gasteiger partial charge in [0.1, 0.15) is 18.0 Å². The largest absolute Gasteiger partial charge is 0.442 e. The Morgan fingerprint density at radius 1 is 1.38 bits per heavy atom. The molecule has 2 heterocycles. The number of allylic oxidation sites excluding steroid dienone is 1. The van der Waals surface area contributed by atoms with Crippen molar-refractivity contribution < 1.29 is 28.6 Å². The van der Waals surface area contributed by atoms with Crippen LogP contribution >= 0.6 is 0 Å². The lowest BCUT2D eigenvalue weighted by Crippen LogP contribution is -2.32. The van der Waals surface area contributed by atoms with Crippen LogP contribution in [0.1, 0.15) is 32.9 Å². The van der Waals surface area contributed by atoms with E-state index >= 15 is 0 Å². The van der Waals surface area contributed by atoms with Crippen molar-refractivity contribution in [3.8, 4) is 11.1 Å². The molecule has 3 N–H and O–H groups in total. The normalized spacial score (nSPS) is 16.4. The molecule has 1 saturated heterocycles. The number of anilines is 1. The number of ether oxygens (including phenoxy) is 2. The molecule has 39 heavy (non-hydrogen) atoms. The standard InChI is InChI=1S/C21H24FN5O2.C6H15NO3/c1-14(2)9-16-6-5-15(11-24-16)19-8-7-17(10-20(19)22)27-13-18(29-21(27)28)12-26(4)25-23-3;1-3-6(9-2)5(8)4-10-7/h5-11,18H,12-13H2,1-4H3;5-6,8H,3-4,7H2,1-2H3. The van der Waals surface area contributed by atoms with Gasteiger partial charge in [-0.15, -0.1) is 0 Å². The third-order valence-electron chi connectivity index (χ3n) is 5.78. The number of hydrogen-bond donors (Lipinski definition) is 2. The molecule has 0 aliphatic carbocycles. The molecule has 1 aromatic carbocycles. The average molecular weight is 547 g/mol. The van der Waals surface area contributed by atoms with E-state index in [9.17, 15) is 14.3 Å². The molecule has 11 nitrogen and oxygen atoms in total. The predicted molar refractivity (Wildman–Crippen MR) is 147 cm³/mol. The zero-order valence-corrected chi connectivity index (χ0v) is 23.4. The number of hydrogen-bond acceptors (Lipinski definition) is 9. The first-order valence-corrected chi connectivity index (χ1v) is 12.6. The van der Waals surface area contributed by atoms with Crippen molar-refractivity contribution in [2.75, 3.05) is 45.8 Å². The fraction of sp³-hybridized carbons (Fsp3) is 0.481. The molecule has 1 aliphatic rings.